The standard InChI is InChI=1S/C15H30N2O/c1-4-13-5-6-14(11-13)16-12-15(2,3)17-7-9-18-10-8-17/h13-14,16H,4-12H2,1-3H3. The third kappa shape index (κ3) is 3.69. The minimum absolute atomic E-state index is 0.258. The second kappa shape index (κ2) is 6.36. The van der Waals surface area contributed by atoms with E-state index in [2.05, 4.69) is 31.0 Å². The molecule has 0 aromatic rings. The Bertz CT molecular complexity index is 249. The van der Waals surface area contributed by atoms with Crippen molar-refractivity contribution in [3.05, 3.63) is 0 Å². The van der Waals surface area contributed by atoms with E-state index in [0.29, 0.717) is 0 Å². The Morgan fingerprint density at radius 2 is 1.94 bits per heavy atom. The molecule has 0 spiro atoms. The van der Waals surface area contributed by atoms with Crippen LogP contribution in [0.4, 0.5) is 0 Å². The monoisotopic (exact) mass is 254 g/mol. The van der Waals surface area contributed by atoms with Gasteiger partial charge in [0.2, 0.25) is 0 Å². The number of morpholine rings is 1. The molecular formula is C15H30N2O. The third-order valence-electron chi connectivity index (χ3n) is 4.81. The normalized spacial score (nSPS) is 30.8. The van der Waals surface area contributed by atoms with Gasteiger partial charge in [-0.15, -0.1) is 0 Å². The Kier molecular flexibility index (Phi) is 5.05. The summed E-state index contributed by atoms with van der Waals surface area (Å²) >= 11 is 0. The van der Waals surface area contributed by atoms with Crippen LogP contribution in [0.3, 0.4) is 0 Å². The lowest BCUT2D eigenvalue weighted by molar-refractivity contribution is -0.0103. The summed E-state index contributed by atoms with van der Waals surface area (Å²) in [6, 6.07) is 0.760. The van der Waals surface area contributed by atoms with Crippen LogP contribution in [0.25, 0.3) is 0 Å². The molecule has 0 amide bonds. The first-order chi connectivity index (χ1) is 8.62. The van der Waals surface area contributed by atoms with Crippen molar-refractivity contribution in [1.82, 2.24) is 10.2 Å². The van der Waals surface area contributed by atoms with Crippen molar-refractivity contribution in [3.63, 3.8) is 0 Å². The van der Waals surface area contributed by atoms with Crippen molar-refractivity contribution in [2.45, 2.75) is 58.0 Å². The average Bonchev–Trinajstić information content (AvgIpc) is 2.86. The van der Waals surface area contributed by atoms with E-state index in [9.17, 15) is 0 Å². The van der Waals surface area contributed by atoms with E-state index in [1.54, 1.807) is 0 Å². The maximum Gasteiger partial charge on any atom is 0.0594 e. The van der Waals surface area contributed by atoms with Crippen molar-refractivity contribution in [3.8, 4) is 0 Å². The first kappa shape index (κ1) is 14.3. The van der Waals surface area contributed by atoms with E-state index < -0.39 is 0 Å². The summed E-state index contributed by atoms with van der Waals surface area (Å²) in [4.78, 5) is 2.57. The lowest BCUT2D eigenvalue weighted by Crippen LogP contribution is -2.55. The fraction of sp³-hybridized carbons (Fsp3) is 1.00. The largest absolute Gasteiger partial charge is 0.379 e. The first-order valence-corrected chi connectivity index (χ1v) is 7.68. The lowest BCUT2D eigenvalue weighted by Gasteiger charge is -2.41. The van der Waals surface area contributed by atoms with Crippen LogP contribution in [-0.2, 0) is 4.74 Å². The van der Waals surface area contributed by atoms with E-state index in [0.717, 1.165) is 44.8 Å². The molecule has 1 N–H and O–H groups in total. The first-order valence-electron chi connectivity index (χ1n) is 7.68. The Hall–Kier alpha value is -0.120. The van der Waals surface area contributed by atoms with Crippen LogP contribution in [0.1, 0.15) is 46.5 Å². The molecule has 1 aliphatic heterocycles. The van der Waals surface area contributed by atoms with Crippen LogP contribution >= 0.6 is 0 Å². The molecule has 0 aromatic carbocycles. The van der Waals surface area contributed by atoms with Gasteiger partial charge in [-0.3, -0.25) is 4.90 Å². The number of nitrogens with one attached hydrogen (secondary N) is 1. The topological polar surface area (TPSA) is 24.5 Å². The second-order valence-corrected chi connectivity index (χ2v) is 6.58. The molecule has 3 nitrogen and oxygen atoms in total. The lowest BCUT2D eigenvalue weighted by atomic mass is 10.0. The van der Waals surface area contributed by atoms with Crippen molar-refractivity contribution in [2.75, 3.05) is 32.8 Å². The highest BCUT2D eigenvalue weighted by atomic mass is 16.5. The van der Waals surface area contributed by atoms with Gasteiger partial charge in [0, 0.05) is 31.2 Å². The van der Waals surface area contributed by atoms with Crippen molar-refractivity contribution < 1.29 is 4.74 Å². The van der Waals surface area contributed by atoms with E-state index in [-0.39, 0.29) is 5.54 Å². The molecule has 0 radical (unpaired) electrons. The molecule has 1 saturated heterocycles. The van der Waals surface area contributed by atoms with Gasteiger partial charge in [0.15, 0.2) is 0 Å². The number of ether oxygens (including phenoxy) is 1. The van der Waals surface area contributed by atoms with E-state index >= 15 is 0 Å². The summed E-state index contributed by atoms with van der Waals surface area (Å²) in [5, 5.41) is 3.80. The van der Waals surface area contributed by atoms with Crippen LogP contribution in [0, 0.1) is 5.92 Å². The maximum atomic E-state index is 5.44. The number of rotatable bonds is 5. The Morgan fingerprint density at radius 3 is 2.56 bits per heavy atom. The molecule has 2 fully saturated rings. The number of hydrogen-bond donors (Lipinski definition) is 1. The fourth-order valence-electron chi connectivity index (χ4n) is 3.31. The van der Waals surface area contributed by atoms with Gasteiger partial charge in [0.1, 0.15) is 0 Å². The minimum Gasteiger partial charge on any atom is -0.379 e. The highest BCUT2D eigenvalue weighted by molar-refractivity contribution is 4.88. The van der Waals surface area contributed by atoms with Crippen molar-refractivity contribution in [2.24, 2.45) is 5.92 Å². The zero-order chi connectivity index (χ0) is 13.0. The Morgan fingerprint density at radius 1 is 1.22 bits per heavy atom. The van der Waals surface area contributed by atoms with Gasteiger partial charge >= 0.3 is 0 Å². The van der Waals surface area contributed by atoms with Crippen LogP contribution < -0.4 is 5.32 Å². The maximum absolute atomic E-state index is 5.44. The predicted octanol–water partition coefficient (Wildman–Crippen LogP) is 2.27. The number of nitrogens with zero attached hydrogens (tertiary/aromatic N) is 1. The van der Waals surface area contributed by atoms with Crippen LogP contribution in [0.2, 0.25) is 0 Å². The molecule has 1 saturated carbocycles. The highest BCUT2D eigenvalue weighted by Crippen LogP contribution is 2.28. The van der Waals surface area contributed by atoms with Crippen molar-refractivity contribution >= 4 is 0 Å². The van der Waals surface area contributed by atoms with Crippen LogP contribution in [0.5, 0.6) is 0 Å². The van der Waals surface area contributed by atoms with Gasteiger partial charge in [-0.2, -0.15) is 0 Å². The zero-order valence-corrected chi connectivity index (χ0v) is 12.4. The summed E-state index contributed by atoms with van der Waals surface area (Å²) in [6.07, 6.45) is 5.53. The molecule has 0 bridgehead atoms. The van der Waals surface area contributed by atoms with E-state index in [1.807, 2.05) is 0 Å². The highest BCUT2D eigenvalue weighted by Gasteiger charge is 2.30. The quantitative estimate of drug-likeness (QED) is 0.814. The summed E-state index contributed by atoms with van der Waals surface area (Å²) in [7, 11) is 0. The average molecular weight is 254 g/mol. The summed E-state index contributed by atoms with van der Waals surface area (Å²) in [6.45, 7) is 12.1. The van der Waals surface area contributed by atoms with Gasteiger partial charge in [0.05, 0.1) is 13.2 Å². The summed E-state index contributed by atoms with van der Waals surface area (Å²) in [5.41, 5.74) is 0.258. The van der Waals surface area contributed by atoms with Crippen molar-refractivity contribution in [1.29, 1.82) is 0 Å². The Labute approximate surface area is 112 Å². The molecule has 106 valence electrons. The fourth-order valence-corrected chi connectivity index (χ4v) is 3.31. The molecule has 2 unspecified atom stereocenters. The number of hydrogen-bond acceptors (Lipinski definition) is 3. The van der Waals surface area contributed by atoms with Gasteiger partial charge in [-0.05, 0) is 39.0 Å². The molecule has 2 aliphatic rings. The predicted molar refractivity (Wildman–Crippen MR) is 75.9 cm³/mol. The zero-order valence-electron chi connectivity index (χ0n) is 12.4. The second-order valence-electron chi connectivity index (χ2n) is 6.58. The van der Waals surface area contributed by atoms with Gasteiger partial charge in [-0.25, -0.2) is 0 Å². The minimum atomic E-state index is 0.258. The Balaban J connectivity index is 1.74. The molecule has 0 aromatic heterocycles. The van der Waals surface area contributed by atoms with Gasteiger partial charge < -0.3 is 10.1 Å². The van der Waals surface area contributed by atoms with Crippen LogP contribution in [-0.4, -0.2) is 49.3 Å². The van der Waals surface area contributed by atoms with Gasteiger partial charge in [0.25, 0.3) is 0 Å². The molecule has 1 heterocycles. The summed E-state index contributed by atoms with van der Waals surface area (Å²) in [5.74, 6) is 0.967. The van der Waals surface area contributed by atoms with E-state index in [1.165, 1.54) is 25.7 Å². The molecule has 2 atom stereocenters. The molecule has 18 heavy (non-hydrogen) atoms. The SMILES string of the molecule is CCC1CCC(NCC(C)(C)N2CCOCC2)C1. The van der Waals surface area contributed by atoms with Gasteiger partial charge in [-0.1, -0.05) is 13.3 Å². The smallest absolute Gasteiger partial charge is 0.0594 e. The summed E-state index contributed by atoms with van der Waals surface area (Å²) < 4.78 is 5.44. The molecular weight excluding hydrogens is 224 g/mol. The molecule has 3 heteroatoms. The van der Waals surface area contributed by atoms with E-state index in [4.69, 9.17) is 4.74 Å². The van der Waals surface area contributed by atoms with Crippen LogP contribution in [0.15, 0.2) is 0 Å². The molecule has 2 rings (SSSR count). The molecule has 1 aliphatic carbocycles. The third-order valence-corrected chi connectivity index (χ3v) is 4.81.